The average molecular weight is 380 g/mol. The molecule has 0 fully saturated rings. The molecular weight excluding hydrogens is 364 g/mol. The second kappa shape index (κ2) is 8.12. The lowest BCUT2D eigenvalue weighted by molar-refractivity contribution is 0.0601. The Kier molecular flexibility index (Phi) is 5.45. The van der Waals surface area contributed by atoms with Crippen LogP contribution in [0.15, 0.2) is 53.1 Å². The van der Waals surface area contributed by atoms with Gasteiger partial charge in [0.05, 0.1) is 18.4 Å². The molecule has 0 aliphatic rings. The number of rotatable bonds is 5. The Balaban J connectivity index is 1.78. The molecule has 28 heavy (non-hydrogen) atoms. The van der Waals surface area contributed by atoms with Gasteiger partial charge in [-0.3, -0.25) is 9.59 Å². The number of ether oxygens (including phenoxy) is 1. The third-order valence-corrected chi connectivity index (χ3v) is 3.66. The van der Waals surface area contributed by atoms with Crippen LogP contribution in [0.2, 0.25) is 0 Å². The lowest BCUT2D eigenvalue weighted by Gasteiger charge is -2.09. The first-order valence-corrected chi connectivity index (χ1v) is 8.18. The molecule has 0 aliphatic carbocycles. The largest absolute Gasteiger partial charge is 0.465 e. The summed E-state index contributed by atoms with van der Waals surface area (Å²) < 4.78 is 9.58. The van der Waals surface area contributed by atoms with Crippen LogP contribution < -0.4 is 10.6 Å². The van der Waals surface area contributed by atoms with Gasteiger partial charge in [0.1, 0.15) is 17.1 Å². The third-order valence-electron chi connectivity index (χ3n) is 3.66. The van der Waals surface area contributed by atoms with Crippen molar-refractivity contribution in [3.05, 3.63) is 71.2 Å². The number of hydrogen-bond acceptors (Lipinski definition) is 7. The van der Waals surface area contributed by atoms with Gasteiger partial charge in [0.25, 0.3) is 11.8 Å². The number of esters is 1. The number of aryl methyl sites for hydroxylation is 1. The molecule has 0 spiro atoms. The van der Waals surface area contributed by atoms with Crippen LogP contribution in [0.5, 0.6) is 0 Å². The fourth-order valence-corrected chi connectivity index (χ4v) is 2.36. The molecule has 1 aromatic carbocycles. The monoisotopic (exact) mass is 380 g/mol. The smallest absolute Gasteiger partial charge is 0.339 e. The Hall–Kier alpha value is -4.01. The van der Waals surface area contributed by atoms with Gasteiger partial charge in [-0.25, -0.2) is 9.78 Å². The second-order valence-electron chi connectivity index (χ2n) is 5.68. The summed E-state index contributed by atoms with van der Waals surface area (Å²) >= 11 is 0. The summed E-state index contributed by atoms with van der Waals surface area (Å²) in [4.78, 5) is 40.7. The van der Waals surface area contributed by atoms with E-state index in [2.05, 4.69) is 20.8 Å². The number of hydrogen-bond donors (Lipinski definition) is 2. The molecular formula is C19H16N4O5. The van der Waals surface area contributed by atoms with E-state index in [4.69, 9.17) is 9.26 Å². The molecule has 2 aromatic heterocycles. The highest BCUT2D eigenvalue weighted by Gasteiger charge is 2.17. The molecule has 9 nitrogen and oxygen atoms in total. The SMILES string of the molecule is COC(=O)c1ccccc1NC(=O)c1cccc(C(=O)Nc2cc(C)on2)n1. The quantitative estimate of drug-likeness (QED) is 0.652. The lowest BCUT2D eigenvalue weighted by Crippen LogP contribution is -2.19. The number of nitrogens with zero attached hydrogens (tertiary/aromatic N) is 2. The minimum Gasteiger partial charge on any atom is -0.465 e. The summed E-state index contributed by atoms with van der Waals surface area (Å²) in [6.45, 7) is 1.69. The first-order valence-electron chi connectivity index (χ1n) is 8.18. The van der Waals surface area contributed by atoms with Gasteiger partial charge in [0.15, 0.2) is 5.82 Å². The summed E-state index contributed by atoms with van der Waals surface area (Å²) in [5, 5.41) is 8.80. The summed E-state index contributed by atoms with van der Waals surface area (Å²) in [5.74, 6) is -0.923. The fourth-order valence-electron chi connectivity index (χ4n) is 2.36. The van der Waals surface area contributed by atoms with Crippen molar-refractivity contribution in [2.75, 3.05) is 17.7 Å². The maximum atomic E-state index is 12.5. The molecule has 2 N–H and O–H groups in total. The van der Waals surface area contributed by atoms with Crippen LogP contribution in [0.4, 0.5) is 11.5 Å². The van der Waals surface area contributed by atoms with Gasteiger partial charge in [-0.2, -0.15) is 0 Å². The summed E-state index contributed by atoms with van der Waals surface area (Å²) in [5.41, 5.74) is 0.501. The summed E-state index contributed by atoms with van der Waals surface area (Å²) in [6.07, 6.45) is 0. The van der Waals surface area contributed by atoms with E-state index in [9.17, 15) is 14.4 Å². The van der Waals surface area contributed by atoms with Crippen LogP contribution in [-0.4, -0.2) is 35.0 Å². The normalized spacial score (nSPS) is 10.2. The van der Waals surface area contributed by atoms with Crippen LogP contribution in [0, 0.1) is 6.92 Å². The van der Waals surface area contributed by atoms with Gasteiger partial charge in [0, 0.05) is 6.07 Å². The van der Waals surface area contributed by atoms with Crippen LogP contribution >= 0.6 is 0 Å². The van der Waals surface area contributed by atoms with Crippen LogP contribution in [-0.2, 0) is 4.74 Å². The average Bonchev–Trinajstić information content (AvgIpc) is 3.12. The standard InChI is InChI=1S/C19H16N4O5/c1-11-10-16(23-28-11)22-18(25)15-9-5-8-14(20-15)17(24)21-13-7-4-3-6-12(13)19(26)27-2/h3-10H,1-2H3,(H,21,24)(H,22,23,25). The number of methoxy groups -OCH3 is 1. The Bertz CT molecular complexity index is 1040. The van der Waals surface area contributed by atoms with E-state index in [0.29, 0.717) is 5.76 Å². The number of para-hydroxylation sites is 1. The fraction of sp³-hybridized carbons (Fsp3) is 0.105. The zero-order valence-electron chi connectivity index (χ0n) is 15.1. The number of anilines is 2. The van der Waals surface area contributed by atoms with Crippen LogP contribution in [0.1, 0.15) is 37.1 Å². The maximum Gasteiger partial charge on any atom is 0.339 e. The summed E-state index contributed by atoms with van der Waals surface area (Å²) in [7, 11) is 1.25. The Morgan fingerprint density at radius 1 is 0.964 bits per heavy atom. The molecule has 0 bridgehead atoms. The molecule has 3 aromatic rings. The Morgan fingerprint density at radius 3 is 2.29 bits per heavy atom. The van der Waals surface area contributed by atoms with Gasteiger partial charge in [-0.05, 0) is 31.2 Å². The number of aromatic nitrogens is 2. The van der Waals surface area contributed by atoms with E-state index in [0.717, 1.165) is 0 Å². The van der Waals surface area contributed by atoms with Gasteiger partial charge < -0.3 is 19.9 Å². The second-order valence-corrected chi connectivity index (χ2v) is 5.68. The Morgan fingerprint density at radius 2 is 1.64 bits per heavy atom. The number of carbonyl (C=O) groups excluding carboxylic acids is 3. The zero-order valence-corrected chi connectivity index (χ0v) is 15.1. The molecule has 0 atom stereocenters. The van der Waals surface area contributed by atoms with E-state index < -0.39 is 17.8 Å². The van der Waals surface area contributed by atoms with Crippen molar-refractivity contribution < 1.29 is 23.6 Å². The van der Waals surface area contributed by atoms with Crippen molar-refractivity contribution in [2.24, 2.45) is 0 Å². The molecule has 0 saturated carbocycles. The number of amides is 2. The topological polar surface area (TPSA) is 123 Å². The highest BCUT2D eigenvalue weighted by molar-refractivity contribution is 6.08. The van der Waals surface area contributed by atoms with Crippen LogP contribution in [0.25, 0.3) is 0 Å². The van der Waals surface area contributed by atoms with Gasteiger partial charge >= 0.3 is 5.97 Å². The number of benzene rings is 1. The first kappa shape index (κ1) is 18.8. The van der Waals surface area contributed by atoms with E-state index in [1.807, 2.05) is 0 Å². The zero-order chi connectivity index (χ0) is 20.1. The molecule has 9 heteroatoms. The van der Waals surface area contributed by atoms with Crippen molar-refractivity contribution in [2.45, 2.75) is 6.92 Å². The molecule has 142 valence electrons. The highest BCUT2D eigenvalue weighted by atomic mass is 16.5. The number of pyridine rings is 1. The molecule has 2 amide bonds. The maximum absolute atomic E-state index is 12.5. The van der Waals surface area contributed by atoms with Crippen molar-refractivity contribution in [3.63, 3.8) is 0 Å². The molecule has 0 aliphatic heterocycles. The van der Waals surface area contributed by atoms with Crippen molar-refractivity contribution in [1.29, 1.82) is 0 Å². The van der Waals surface area contributed by atoms with E-state index >= 15 is 0 Å². The summed E-state index contributed by atoms with van der Waals surface area (Å²) in [6, 6.07) is 12.4. The van der Waals surface area contributed by atoms with Gasteiger partial charge in [0.2, 0.25) is 0 Å². The van der Waals surface area contributed by atoms with E-state index in [1.165, 1.54) is 31.4 Å². The third kappa shape index (κ3) is 4.21. The van der Waals surface area contributed by atoms with Gasteiger partial charge in [-0.15, -0.1) is 0 Å². The molecule has 0 radical (unpaired) electrons. The number of nitrogens with one attached hydrogen (secondary N) is 2. The predicted octanol–water partition coefficient (Wildman–Crippen LogP) is 2.67. The molecule has 0 unspecified atom stereocenters. The molecule has 0 saturated heterocycles. The first-order chi connectivity index (χ1) is 13.5. The van der Waals surface area contributed by atoms with Crippen molar-refractivity contribution >= 4 is 29.3 Å². The minimum atomic E-state index is -0.583. The minimum absolute atomic E-state index is 0.00338. The van der Waals surface area contributed by atoms with Crippen LogP contribution in [0.3, 0.4) is 0 Å². The van der Waals surface area contributed by atoms with Crippen molar-refractivity contribution in [3.8, 4) is 0 Å². The van der Waals surface area contributed by atoms with Crippen molar-refractivity contribution in [1.82, 2.24) is 10.1 Å². The Labute approximate surface area is 159 Å². The highest BCUT2D eigenvalue weighted by Crippen LogP contribution is 2.17. The molecule has 3 rings (SSSR count). The lowest BCUT2D eigenvalue weighted by atomic mass is 10.1. The van der Waals surface area contributed by atoms with Gasteiger partial charge in [-0.1, -0.05) is 23.4 Å². The predicted molar refractivity (Wildman–Crippen MR) is 99.2 cm³/mol. The van der Waals surface area contributed by atoms with E-state index in [1.54, 1.807) is 31.2 Å². The number of carbonyl (C=O) groups is 3. The molecule has 2 heterocycles. The van der Waals surface area contributed by atoms with E-state index in [-0.39, 0.29) is 28.5 Å².